The fraction of sp³-hybridized carbons (Fsp3) is 1.00. The number of nitrogens with one attached hydrogen (secondary N) is 1. The molecule has 2 nitrogen and oxygen atoms in total. The van der Waals surface area contributed by atoms with Gasteiger partial charge in [-0.15, -0.1) is 0 Å². The van der Waals surface area contributed by atoms with Crippen molar-refractivity contribution in [1.29, 1.82) is 0 Å². The van der Waals surface area contributed by atoms with Crippen molar-refractivity contribution in [2.24, 2.45) is 5.92 Å². The van der Waals surface area contributed by atoms with Crippen molar-refractivity contribution in [2.45, 2.75) is 88.6 Å². The van der Waals surface area contributed by atoms with Gasteiger partial charge in [0.1, 0.15) is 0 Å². The topological polar surface area (TPSA) is 15.3 Å². The van der Waals surface area contributed by atoms with Crippen molar-refractivity contribution in [1.82, 2.24) is 10.2 Å². The van der Waals surface area contributed by atoms with Crippen molar-refractivity contribution in [3.63, 3.8) is 0 Å². The summed E-state index contributed by atoms with van der Waals surface area (Å²) in [6.45, 7) is 7.29. The third-order valence-corrected chi connectivity index (χ3v) is 7.40. The van der Waals surface area contributed by atoms with Crippen LogP contribution in [0.1, 0.15) is 65.2 Å². The molecule has 4 atom stereocenters. The number of hydrogen-bond acceptors (Lipinski definition) is 3. The van der Waals surface area contributed by atoms with E-state index in [0.717, 1.165) is 29.3 Å². The minimum absolute atomic E-state index is 0.730. The van der Waals surface area contributed by atoms with Crippen LogP contribution in [0.2, 0.25) is 0 Å². The number of hydrogen-bond donors (Lipinski definition) is 1. The van der Waals surface area contributed by atoms with E-state index >= 15 is 0 Å². The summed E-state index contributed by atoms with van der Waals surface area (Å²) in [6, 6.07) is 2.36. The molecular formula is C18H34N2S. The molecule has 2 aliphatic carbocycles. The Balaban J connectivity index is 1.62. The Hall–Kier alpha value is 0.270. The molecule has 1 saturated heterocycles. The molecule has 122 valence electrons. The van der Waals surface area contributed by atoms with E-state index in [1.165, 1.54) is 70.2 Å². The molecule has 21 heavy (non-hydrogen) atoms. The molecule has 0 aromatic heterocycles. The first-order valence-electron chi connectivity index (χ1n) is 9.40. The number of rotatable bonds is 4. The maximum atomic E-state index is 3.89. The first-order valence-corrected chi connectivity index (χ1v) is 10.4. The van der Waals surface area contributed by atoms with Gasteiger partial charge in [-0.2, -0.15) is 11.8 Å². The van der Waals surface area contributed by atoms with Gasteiger partial charge in [0.25, 0.3) is 0 Å². The highest BCUT2D eigenvalue weighted by Gasteiger charge is 2.39. The third-order valence-electron chi connectivity index (χ3n) is 6.09. The van der Waals surface area contributed by atoms with Crippen LogP contribution in [0.25, 0.3) is 0 Å². The molecule has 4 unspecified atom stereocenters. The Morgan fingerprint density at radius 3 is 2.62 bits per heavy atom. The molecule has 1 N–H and O–H groups in total. The summed E-state index contributed by atoms with van der Waals surface area (Å²) >= 11 is 2.22. The normalized spacial score (nSPS) is 39.7. The average molecular weight is 311 g/mol. The van der Waals surface area contributed by atoms with Gasteiger partial charge in [0, 0.05) is 36.5 Å². The van der Waals surface area contributed by atoms with Crippen LogP contribution >= 0.6 is 11.8 Å². The van der Waals surface area contributed by atoms with Crippen LogP contribution in [0.15, 0.2) is 0 Å². The zero-order valence-electron chi connectivity index (χ0n) is 14.0. The van der Waals surface area contributed by atoms with Gasteiger partial charge >= 0.3 is 0 Å². The zero-order chi connectivity index (χ0) is 14.7. The molecule has 1 aliphatic heterocycles. The van der Waals surface area contributed by atoms with E-state index in [4.69, 9.17) is 0 Å². The molecule has 0 radical (unpaired) electrons. The van der Waals surface area contributed by atoms with Gasteiger partial charge in [-0.05, 0) is 44.3 Å². The third kappa shape index (κ3) is 3.79. The molecule has 0 aromatic rings. The molecule has 3 rings (SSSR count). The summed E-state index contributed by atoms with van der Waals surface area (Å²) in [6.07, 6.45) is 11.7. The summed E-state index contributed by atoms with van der Waals surface area (Å²) < 4.78 is 0. The second-order valence-corrected chi connectivity index (χ2v) is 8.97. The first kappa shape index (κ1) is 16.1. The summed E-state index contributed by atoms with van der Waals surface area (Å²) in [5.74, 6) is 2.24. The van der Waals surface area contributed by atoms with E-state index < -0.39 is 0 Å². The Labute approximate surface area is 135 Å². The number of piperazine rings is 1. The maximum absolute atomic E-state index is 3.89. The lowest BCUT2D eigenvalue weighted by molar-refractivity contribution is 0.0696. The zero-order valence-corrected chi connectivity index (χ0v) is 14.8. The minimum atomic E-state index is 0.730. The lowest BCUT2D eigenvalue weighted by atomic mass is 9.82. The summed E-state index contributed by atoms with van der Waals surface area (Å²) in [5, 5.41) is 4.80. The Morgan fingerprint density at radius 1 is 1.05 bits per heavy atom. The first-order chi connectivity index (χ1) is 10.3. The van der Waals surface area contributed by atoms with Crippen molar-refractivity contribution in [3.8, 4) is 0 Å². The van der Waals surface area contributed by atoms with E-state index in [1.807, 2.05) is 0 Å². The van der Waals surface area contributed by atoms with Gasteiger partial charge < -0.3 is 5.32 Å². The second-order valence-electron chi connectivity index (χ2n) is 7.45. The van der Waals surface area contributed by atoms with E-state index in [2.05, 4.69) is 35.8 Å². The number of nitrogens with zero attached hydrogens (tertiary/aromatic N) is 1. The molecule has 0 spiro atoms. The largest absolute Gasteiger partial charge is 0.311 e. The fourth-order valence-corrected chi connectivity index (χ4v) is 6.20. The lowest BCUT2D eigenvalue weighted by Crippen LogP contribution is -2.61. The van der Waals surface area contributed by atoms with Crippen molar-refractivity contribution >= 4 is 11.8 Å². The summed E-state index contributed by atoms with van der Waals surface area (Å²) in [7, 11) is 0. The Morgan fingerprint density at radius 2 is 1.86 bits per heavy atom. The van der Waals surface area contributed by atoms with Gasteiger partial charge in [-0.3, -0.25) is 4.90 Å². The van der Waals surface area contributed by atoms with Crippen LogP contribution in [-0.2, 0) is 0 Å². The molecule has 3 aliphatic rings. The molecule has 3 heteroatoms. The highest BCUT2D eigenvalue weighted by Crippen LogP contribution is 2.36. The van der Waals surface area contributed by atoms with E-state index in [9.17, 15) is 0 Å². The molecule has 0 aromatic carbocycles. The highest BCUT2D eigenvalue weighted by molar-refractivity contribution is 7.99. The maximum Gasteiger partial charge on any atom is 0.0224 e. The van der Waals surface area contributed by atoms with Crippen LogP contribution in [0, 0.1) is 5.92 Å². The molecule has 3 fully saturated rings. The second kappa shape index (κ2) is 7.70. The SMILES string of the molecule is CCSC1CCCC1N1CC(C2CCCCC2)NCC1C. The van der Waals surface area contributed by atoms with Gasteiger partial charge in [0.15, 0.2) is 0 Å². The predicted octanol–water partition coefficient (Wildman–Crippen LogP) is 3.90. The summed E-state index contributed by atoms with van der Waals surface area (Å²) in [5.41, 5.74) is 0. The van der Waals surface area contributed by atoms with E-state index in [-0.39, 0.29) is 0 Å². The Bertz CT molecular complexity index is 316. The van der Waals surface area contributed by atoms with Gasteiger partial charge in [0.2, 0.25) is 0 Å². The highest BCUT2D eigenvalue weighted by atomic mass is 32.2. The monoisotopic (exact) mass is 310 g/mol. The van der Waals surface area contributed by atoms with Crippen molar-refractivity contribution in [2.75, 3.05) is 18.8 Å². The molecule has 1 heterocycles. The number of thioether (sulfide) groups is 1. The Kier molecular flexibility index (Phi) is 5.92. The van der Waals surface area contributed by atoms with Crippen molar-refractivity contribution < 1.29 is 0 Å². The van der Waals surface area contributed by atoms with Crippen LogP contribution in [-0.4, -0.2) is 47.1 Å². The predicted molar refractivity (Wildman–Crippen MR) is 94.1 cm³/mol. The standard InChI is InChI=1S/C18H34N2S/c1-3-21-18-11-7-10-17(18)20-13-16(19-12-14(20)2)15-8-5-4-6-9-15/h14-19H,3-13H2,1-2H3. The minimum Gasteiger partial charge on any atom is -0.311 e. The van der Waals surface area contributed by atoms with Gasteiger partial charge in [-0.1, -0.05) is 32.6 Å². The molecule has 0 amide bonds. The van der Waals surface area contributed by atoms with Crippen LogP contribution < -0.4 is 5.32 Å². The molecule has 0 bridgehead atoms. The van der Waals surface area contributed by atoms with Crippen LogP contribution in [0.4, 0.5) is 0 Å². The van der Waals surface area contributed by atoms with E-state index in [0.29, 0.717) is 0 Å². The smallest absolute Gasteiger partial charge is 0.0224 e. The van der Waals surface area contributed by atoms with Crippen LogP contribution in [0.3, 0.4) is 0 Å². The quantitative estimate of drug-likeness (QED) is 0.848. The lowest BCUT2D eigenvalue weighted by Gasteiger charge is -2.46. The van der Waals surface area contributed by atoms with Gasteiger partial charge in [0.05, 0.1) is 0 Å². The average Bonchev–Trinajstić information content (AvgIpc) is 2.97. The van der Waals surface area contributed by atoms with Crippen LogP contribution in [0.5, 0.6) is 0 Å². The molecular weight excluding hydrogens is 276 g/mol. The summed E-state index contributed by atoms with van der Waals surface area (Å²) in [4.78, 5) is 2.90. The van der Waals surface area contributed by atoms with Gasteiger partial charge in [-0.25, -0.2) is 0 Å². The molecule has 2 saturated carbocycles. The van der Waals surface area contributed by atoms with Crippen molar-refractivity contribution in [3.05, 3.63) is 0 Å². The van der Waals surface area contributed by atoms with E-state index in [1.54, 1.807) is 0 Å². The fourth-order valence-electron chi connectivity index (χ4n) is 4.92.